The van der Waals surface area contributed by atoms with Crippen LogP contribution in [-0.2, 0) is 23.6 Å². The van der Waals surface area contributed by atoms with Crippen LogP contribution in [0.5, 0.6) is 0 Å². The van der Waals surface area contributed by atoms with Gasteiger partial charge in [0.05, 0.1) is 0 Å². The first-order valence-corrected chi connectivity index (χ1v) is 8.15. The highest BCUT2D eigenvalue weighted by molar-refractivity contribution is 7.89. The van der Waals surface area contributed by atoms with E-state index in [1.165, 1.54) is 0 Å². The van der Waals surface area contributed by atoms with E-state index in [-0.39, 0.29) is 0 Å². The van der Waals surface area contributed by atoms with Gasteiger partial charge in [-0.1, -0.05) is 13.8 Å². The maximum atomic E-state index is 12.6. The molecule has 19 heavy (non-hydrogen) atoms. The van der Waals surface area contributed by atoms with Crippen LogP contribution in [0, 0.1) is 11.8 Å². The Morgan fingerprint density at radius 2 is 2.16 bits per heavy atom. The van der Waals surface area contributed by atoms with Gasteiger partial charge < -0.3 is 10.3 Å². The van der Waals surface area contributed by atoms with Gasteiger partial charge in [0, 0.05) is 38.6 Å². The molecule has 2 rings (SSSR count). The van der Waals surface area contributed by atoms with Gasteiger partial charge in [0.2, 0.25) is 10.0 Å². The summed E-state index contributed by atoms with van der Waals surface area (Å²) in [5, 5.41) is 0. The van der Waals surface area contributed by atoms with Gasteiger partial charge in [-0.15, -0.1) is 0 Å². The predicted octanol–water partition coefficient (Wildman–Crippen LogP) is 1.15. The first kappa shape index (κ1) is 14.6. The molecule has 0 aliphatic carbocycles. The maximum Gasteiger partial charge on any atom is 0.244 e. The lowest BCUT2D eigenvalue weighted by molar-refractivity contribution is 0.388. The molecule has 1 saturated heterocycles. The molecule has 1 aromatic heterocycles. The fourth-order valence-electron chi connectivity index (χ4n) is 2.59. The van der Waals surface area contributed by atoms with Crippen LogP contribution in [0.25, 0.3) is 0 Å². The van der Waals surface area contributed by atoms with Gasteiger partial charge in [-0.3, -0.25) is 0 Å². The third-order valence-corrected chi connectivity index (χ3v) is 5.89. The lowest BCUT2D eigenvalue weighted by Gasteiger charge is -2.17. The average molecular weight is 285 g/mol. The molecule has 2 heterocycles. The summed E-state index contributed by atoms with van der Waals surface area (Å²) in [6.07, 6.45) is 2.60. The molecule has 1 aliphatic heterocycles. The van der Waals surface area contributed by atoms with E-state index in [9.17, 15) is 8.42 Å². The third kappa shape index (κ3) is 2.70. The zero-order chi connectivity index (χ0) is 14.2. The summed E-state index contributed by atoms with van der Waals surface area (Å²) in [6, 6.07) is 1.68. The van der Waals surface area contributed by atoms with Crippen molar-refractivity contribution in [3.05, 3.63) is 18.0 Å². The normalized spacial score (nSPS) is 21.4. The third-order valence-electron chi connectivity index (χ3n) is 4.06. The van der Waals surface area contributed by atoms with Crippen LogP contribution in [0.1, 0.15) is 26.0 Å². The second kappa shape index (κ2) is 5.26. The summed E-state index contributed by atoms with van der Waals surface area (Å²) in [7, 11) is -1.54. The van der Waals surface area contributed by atoms with Gasteiger partial charge in [-0.25, -0.2) is 8.42 Å². The first-order chi connectivity index (χ1) is 8.86. The minimum absolute atomic E-state index is 0.348. The van der Waals surface area contributed by atoms with Crippen LogP contribution >= 0.6 is 0 Å². The largest absolute Gasteiger partial charge is 0.352 e. The van der Waals surface area contributed by atoms with Gasteiger partial charge in [-0.05, 0) is 24.3 Å². The molecule has 0 radical (unpaired) electrons. The van der Waals surface area contributed by atoms with Crippen LogP contribution in [0.3, 0.4) is 0 Å². The number of hydrogen-bond donors (Lipinski definition) is 1. The Labute approximate surface area is 115 Å². The highest BCUT2D eigenvalue weighted by atomic mass is 32.2. The van der Waals surface area contributed by atoms with Crippen molar-refractivity contribution in [1.82, 2.24) is 8.87 Å². The Bertz CT molecular complexity index is 548. The zero-order valence-electron chi connectivity index (χ0n) is 11.8. The van der Waals surface area contributed by atoms with Crippen molar-refractivity contribution in [1.29, 1.82) is 0 Å². The molecule has 2 N–H and O–H groups in total. The Morgan fingerprint density at radius 3 is 2.63 bits per heavy atom. The molecule has 0 bridgehead atoms. The van der Waals surface area contributed by atoms with E-state index in [4.69, 9.17) is 5.73 Å². The van der Waals surface area contributed by atoms with E-state index in [0.29, 0.717) is 36.4 Å². The minimum Gasteiger partial charge on any atom is -0.352 e. The lowest BCUT2D eigenvalue weighted by atomic mass is 9.96. The van der Waals surface area contributed by atoms with Gasteiger partial charge in [0.1, 0.15) is 4.90 Å². The van der Waals surface area contributed by atoms with Gasteiger partial charge in [0.25, 0.3) is 0 Å². The second-order valence-corrected chi connectivity index (χ2v) is 7.58. The molecule has 0 amide bonds. The number of nitrogens with two attached hydrogens (primary N) is 1. The summed E-state index contributed by atoms with van der Waals surface area (Å²) >= 11 is 0. The summed E-state index contributed by atoms with van der Waals surface area (Å²) < 4.78 is 28.5. The van der Waals surface area contributed by atoms with Gasteiger partial charge in [0.15, 0.2) is 0 Å². The Kier molecular flexibility index (Phi) is 4.03. The van der Waals surface area contributed by atoms with Crippen LogP contribution in [-0.4, -0.2) is 30.4 Å². The van der Waals surface area contributed by atoms with Crippen LogP contribution in [0.4, 0.5) is 0 Å². The SMILES string of the molecule is CC(C)C1CCN(S(=O)(=O)c2cc(CN)n(C)c2)C1. The summed E-state index contributed by atoms with van der Waals surface area (Å²) in [4.78, 5) is 0.361. The zero-order valence-corrected chi connectivity index (χ0v) is 12.7. The smallest absolute Gasteiger partial charge is 0.244 e. The molecule has 1 aromatic rings. The summed E-state index contributed by atoms with van der Waals surface area (Å²) in [6.45, 7) is 5.90. The van der Waals surface area contributed by atoms with E-state index >= 15 is 0 Å². The van der Waals surface area contributed by atoms with Gasteiger partial charge >= 0.3 is 0 Å². The molecule has 1 unspecified atom stereocenters. The van der Waals surface area contributed by atoms with E-state index < -0.39 is 10.0 Å². The van der Waals surface area contributed by atoms with Crippen molar-refractivity contribution in [2.75, 3.05) is 13.1 Å². The van der Waals surface area contributed by atoms with Crippen molar-refractivity contribution in [3.8, 4) is 0 Å². The Morgan fingerprint density at radius 1 is 1.47 bits per heavy atom. The quantitative estimate of drug-likeness (QED) is 0.902. The average Bonchev–Trinajstić information content (AvgIpc) is 2.95. The Hall–Kier alpha value is -0.850. The van der Waals surface area contributed by atoms with Crippen LogP contribution < -0.4 is 5.73 Å². The molecule has 108 valence electrons. The molecular formula is C13H23N3O2S. The van der Waals surface area contributed by atoms with Crippen molar-refractivity contribution in [2.24, 2.45) is 24.6 Å². The first-order valence-electron chi connectivity index (χ1n) is 6.71. The van der Waals surface area contributed by atoms with Crippen molar-refractivity contribution < 1.29 is 8.42 Å². The molecular weight excluding hydrogens is 262 g/mol. The summed E-state index contributed by atoms with van der Waals surface area (Å²) in [5.74, 6) is 0.989. The van der Waals surface area contributed by atoms with Crippen molar-refractivity contribution in [3.63, 3.8) is 0 Å². The predicted molar refractivity (Wildman–Crippen MR) is 75.0 cm³/mol. The fraction of sp³-hybridized carbons (Fsp3) is 0.692. The molecule has 1 aliphatic rings. The topological polar surface area (TPSA) is 68.3 Å². The highest BCUT2D eigenvalue weighted by Crippen LogP contribution is 2.29. The second-order valence-electron chi connectivity index (χ2n) is 5.64. The molecule has 6 heteroatoms. The monoisotopic (exact) mass is 285 g/mol. The van der Waals surface area contributed by atoms with E-state index in [2.05, 4.69) is 13.8 Å². The number of nitrogens with zero attached hydrogens (tertiary/aromatic N) is 2. The maximum absolute atomic E-state index is 12.6. The molecule has 0 spiro atoms. The Balaban J connectivity index is 2.23. The lowest BCUT2D eigenvalue weighted by Crippen LogP contribution is -2.29. The fourth-order valence-corrected chi connectivity index (χ4v) is 4.19. The number of sulfonamides is 1. The van der Waals surface area contributed by atoms with Crippen LogP contribution in [0.2, 0.25) is 0 Å². The van der Waals surface area contributed by atoms with Gasteiger partial charge in [-0.2, -0.15) is 4.31 Å². The molecule has 5 nitrogen and oxygen atoms in total. The number of aromatic nitrogens is 1. The van der Waals surface area contributed by atoms with E-state index in [1.54, 1.807) is 21.1 Å². The minimum atomic E-state index is -3.36. The number of aryl methyl sites for hydroxylation is 1. The summed E-state index contributed by atoms with van der Waals surface area (Å²) in [5.41, 5.74) is 6.42. The standard InChI is InChI=1S/C13H23N3O2S/c1-10(2)11-4-5-16(8-11)19(17,18)13-6-12(7-14)15(3)9-13/h6,9-11H,4-5,7-8,14H2,1-3H3. The highest BCUT2D eigenvalue weighted by Gasteiger charge is 2.34. The molecule has 1 fully saturated rings. The molecule has 0 aromatic carbocycles. The molecule has 1 atom stereocenters. The number of rotatable bonds is 4. The van der Waals surface area contributed by atoms with Crippen molar-refractivity contribution >= 4 is 10.0 Å². The van der Waals surface area contributed by atoms with Crippen molar-refractivity contribution in [2.45, 2.75) is 31.7 Å². The van der Waals surface area contributed by atoms with E-state index in [0.717, 1.165) is 12.1 Å². The molecule has 0 saturated carbocycles. The van der Waals surface area contributed by atoms with Crippen LogP contribution in [0.15, 0.2) is 17.2 Å². The van der Waals surface area contributed by atoms with E-state index in [1.807, 2.05) is 7.05 Å². The number of hydrogen-bond acceptors (Lipinski definition) is 3.